The Morgan fingerprint density at radius 3 is 2.72 bits per heavy atom. The second-order valence-electron chi connectivity index (χ2n) is 5.64. The van der Waals surface area contributed by atoms with E-state index in [2.05, 4.69) is 50.2 Å². The van der Waals surface area contributed by atoms with Crippen molar-refractivity contribution in [3.8, 4) is 0 Å². The number of hydrogen-bond donors (Lipinski definition) is 1. The van der Waals surface area contributed by atoms with E-state index in [1.165, 1.54) is 11.3 Å². The standard InChI is InChI=1S/C15H22N2O/c1-6-14(18)16-11-7-8-12-13(9-11)17(5)10(2)15(12,3)4/h7-10H,6H2,1-5H3,(H,16,18). The molecule has 98 valence electrons. The van der Waals surface area contributed by atoms with Crippen LogP contribution >= 0.6 is 0 Å². The van der Waals surface area contributed by atoms with Gasteiger partial charge in [-0.3, -0.25) is 4.79 Å². The first-order chi connectivity index (χ1) is 8.37. The molecule has 0 radical (unpaired) electrons. The minimum atomic E-state index is 0.0582. The molecule has 0 aliphatic carbocycles. The number of rotatable bonds is 2. The third-order valence-electron chi connectivity index (χ3n) is 4.30. The summed E-state index contributed by atoms with van der Waals surface area (Å²) in [6, 6.07) is 6.68. The molecule has 1 aliphatic rings. The van der Waals surface area contributed by atoms with Crippen LogP contribution in [0.5, 0.6) is 0 Å². The smallest absolute Gasteiger partial charge is 0.224 e. The van der Waals surface area contributed by atoms with E-state index < -0.39 is 0 Å². The summed E-state index contributed by atoms with van der Waals surface area (Å²) in [6.07, 6.45) is 0.509. The second kappa shape index (κ2) is 4.30. The van der Waals surface area contributed by atoms with E-state index in [1.54, 1.807) is 0 Å². The number of benzene rings is 1. The largest absolute Gasteiger partial charge is 0.371 e. The van der Waals surface area contributed by atoms with Gasteiger partial charge in [-0.25, -0.2) is 0 Å². The van der Waals surface area contributed by atoms with Gasteiger partial charge in [0, 0.05) is 36.3 Å². The topological polar surface area (TPSA) is 32.3 Å². The van der Waals surface area contributed by atoms with E-state index in [0.717, 1.165) is 5.69 Å². The molecule has 3 nitrogen and oxygen atoms in total. The summed E-state index contributed by atoms with van der Waals surface area (Å²) in [6.45, 7) is 8.64. The van der Waals surface area contributed by atoms with Crippen LogP contribution in [0.1, 0.15) is 39.7 Å². The third kappa shape index (κ3) is 1.88. The molecular formula is C15H22N2O. The summed E-state index contributed by atoms with van der Waals surface area (Å²) in [4.78, 5) is 13.7. The fourth-order valence-corrected chi connectivity index (χ4v) is 2.61. The number of fused-ring (bicyclic) bond motifs is 1. The predicted molar refractivity (Wildman–Crippen MR) is 76.3 cm³/mol. The van der Waals surface area contributed by atoms with Crippen molar-refractivity contribution in [2.24, 2.45) is 0 Å². The first-order valence-corrected chi connectivity index (χ1v) is 6.55. The zero-order valence-corrected chi connectivity index (χ0v) is 11.9. The summed E-state index contributed by atoms with van der Waals surface area (Å²) in [7, 11) is 2.11. The van der Waals surface area contributed by atoms with Crippen molar-refractivity contribution in [1.29, 1.82) is 0 Å². The molecule has 0 aromatic heterocycles. The lowest BCUT2D eigenvalue weighted by molar-refractivity contribution is -0.115. The normalized spacial score (nSPS) is 20.7. The van der Waals surface area contributed by atoms with Crippen LogP contribution in [-0.4, -0.2) is 19.0 Å². The Hall–Kier alpha value is -1.51. The maximum atomic E-state index is 11.4. The SMILES string of the molecule is CCC(=O)Nc1ccc2c(c1)N(C)C(C)C2(C)C. The van der Waals surface area contributed by atoms with Gasteiger partial charge in [0.2, 0.25) is 5.91 Å². The van der Waals surface area contributed by atoms with Crippen LogP contribution < -0.4 is 10.2 Å². The van der Waals surface area contributed by atoms with E-state index in [4.69, 9.17) is 0 Å². The Morgan fingerprint density at radius 2 is 2.11 bits per heavy atom. The van der Waals surface area contributed by atoms with Crippen molar-refractivity contribution in [3.05, 3.63) is 23.8 Å². The number of likely N-dealkylation sites (N-methyl/N-ethyl adjacent to an activating group) is 1. The number of amides is 1. The van der Waals surface area contributed by atoms with Gasteiger partial charge in [-0.15, -0.1) is 0 Å². The number of carbonyl (C=O) groups is 1. The van der Waals surface area contributed by atoms with Crippen LogP contribution in [0, 0.1) is 0 Å². The van der Waals surface area contributed by atoms with Crippen molar-refractivity contribution in [2.75, 3.05) is 17.3 Å². The van der Waals surface area contributed by atoms with Crippen molar-refractivity contribution >= 4 is 17.3 Å². The first kappa shape index (κ1) is 12.9. The van der Waals surface area contributed by atoms with Crippen molar-refractivity contribution in [1.82, 2.24) is 0 Å². The molecule has 1 aliphatic heterocycles. The van der Waals surface area contributed by atoms with E-state index in [9.17, 15) is 4.79 Å². The minimum Gasteiger partial charge on any atom is -0.371 e. The third-order valence-corrected chi connectivity index (χ3v) is 4.30. The lowest BCUT2D eigenvalue weighted by Crippen LogP contribution is -2.36. The average Bonchev–Trinajstić information content (AvgIpc) is 2.51. The molecule has 1 aromatic rings. The molecule has 0 fully saturated rings. The Kier molecular flexibility index (Phi) is 3.09. The quantitative estimate of drug-likeness (QED) is 0.869. The summed E-state index contributed by atoms with van der Waals surface area (Å²) < 4.78 is 0. The Morgan fingerprint density at radius 1 is 1.44 bits per heavy atom. The number of hydrogen-bond acceptors (Lipinski definition) is 2. The van der Waals surface area contributed by atoms with E-state index in [0.29, 0.717) is 12.5 Å². The molecule has 2 rings (SSSR count). The first-order valence-electron chi connectivity index (χ1n) is 6.55. The van der Waals surface area contributed by atoms with Gasteiger partial charge >= 0.3 is 0 Å². The zero-order valence-electron chi connectivity index (χ0n) is 11.9. The molecule has 1 amide bonds. The summed E-state index contributed by atoms with van der Waals surface area (Å²) in [5.41, 5.74) is 3.61. The molecule has 0 spiro atoms. The highest BCUT2D eigenvalue weighted by Crippen LogP contribution is 2.45. The highest BCUT2D eigenvalue weighted by molar-refractivity contribution is 5.91. The zero-order chi connectivity index (χ0) is 13.5. The molecule has 0 saturated carbocycles. The Labute approximate surface area is 109 Å². The van der Waals surface area contributed by atoms with Gasteiger partial charge in [-0.2, -0.15) is 0 Å². The molecule has 1 heterocycles. The maximum absolute atomic E-state index is 11.4. The second-order valence-corrected chi connectivity index (χ2v) is 5.64. The van der Waals surface area contributed by atoms with E-state index in [-0.39, 0.29) is 11.3 Å². The van der Waals surface area contributed by atoms with Crippen LogP contribution in [0.15, 0.2) is 18.2 Å². The molecule has 1 aromatic carbocycles. The summed E-state index contributed by atoms with van der Waals surface area (Å²) in [5, 5.41) is 2.92. The number of anilines is 2. The Balaban J connectivity index is 2.37. The number of nitrogens with one attached hydrogen (secondary N) is 1. The van der Waals surface area contributed by atoms with Crippen LogP contribution in [0.2, 0.25) is 0 Å². The molecule has 1 atom stereocenters. The molecule has 0 saturated heterocycles. The van der Waals surface area contributed by atoms with E-state index >= 15 is 0 Å². The highest BCUT2D eigenvalue weighted by atomic mass is 16.1. The summed E-state index contributed by atoms with van der Waals surface area (Å²) in [5.74, 6) is 0.0582. The van der Waals surface area contributed by atoms with Crippen LogP contribution in [0.3, 0.4) is 0 Å². The van der Waals surface area contributed by atoms with Crippen molar-refractivity contribution in [3.63, 3.8) is 0 Å². The fourth-order valence-electron chi connectivity index (χ4n) is 2.61. The lowest BCUT2D eigenvalue weighted by atomic mass is 9.81. The molecular weight excluding hydrogens is 224 g/mol. The molecule has 3 heteroatoms. The van der Waals surface area contributed by atoms with Gasteiger partial charge in [-0.05, 0) is 24.6 Å². The fraction of sp³-hybridized carbons (Fsp3) is 0.533. The van der Waals surface area contributed by atoms with Gasteiger partial charge in [0.25, 0.3) is 0 Å². The average molecular weight is 246 g/mol. The van der Waals surface area contributed by atoms with Gasteiger partial charge in [-0.1, -0.05) is 26.8 Å². The minimum absolute atomic E-state index is 0.0582. The van der Waals surface area contributed by atoms with Gasteiger partial charge in [0.15, 0.2) is 0 Å². The monoisotopic (exact) mass is 246 g/mol. The predicted octanol–water partition coefficient (Wildman–Crippen LogP) is 3.15. The molecule has 0 bridgehead atoms. The van der Waals surface area contributed by atoms with Crippen molar-refractivity contribution in [2.45, 2.75) is 45.6 Å². The van der Waals surface area contributed by atoms with Crippen LogP contribution in [0.25, 0.3) is 0 Å². The summed E-state index contributed by atoms with van der Waals surface area (Å²) >= 11 is 0. The maximum Gasteiger partial charge on any atom is 0.224 e. The van der Waals surface area contributed by atoms with Crippen LogP contribution in [-0.2, 0) is 10.2 Å². The molecule has 1 N–H and O–H groups in total. The van der Waals surface area contributed by atoms with Crippen LogP contribution in [0.4, 0.5) is 11.4 Å². The highest BCUT2D eigenvalue weighted by Gasteiger charge is 2.40. The number of nitrogens with zero attached hydrogens (tertiary/aromatic N) is 1. The van der Waals surface area contributed by atoms with Crippen molar-refractivity contribution < 1.29 is 4.79 Å². The molecule has 18 heavy (non-hydrogen) atoms. The number of carbonyl (C=O) groups excluding carboxylic acids is 1. The Bertz CT molecular complexity index is 479. The van der Waals surface area contributed by atoms with Gasteiger partial charge in [0.1, 0.15) is 0 Å². The molecule has 1 unspecified atom stereocenters. The van der Waals surface area contributed by atoms with E-state index in [1.807, 2.05) is 13.0 Å². The van der Waals surface area contributed by atoms with Gasteiger partial charge in [0.05, 0.1) is 0 Å². The van der Waals surface area contributed by atoms with Gasteiger partial charge < -0.3 is 10.2 Å². The lowest BCUT2D eigenvalue weighted by Gasteiger charge is -2.28.